The summed E-state index contributed by atoms with van der Waals surface area (Å²) in [4.78, 5) is 44.7. The highest BCUT2D eigenvalue weighted by molar-refractivity contribution is 6.78. The van der Waals surface area contributed by atoms with Gasteiger partial charge in [-0.3, -0.25) is 20.0 Å². The minimum Gasteiger partial charge on any atom is -0.543 e. The average Bonchev–Trinajstić information content (AvgIpc) is 3.52. The number of carbonyl (C=O) groups excluding carboxylic acids is 3. The van der Waals surface area contributed by atoms with Gasteiger partial charge in [-0.25, -0.2) is 9.80 Å². The number of aliphatic hydroxyl groups excluding tert-OH is 1. The molecule has 0 saturated carbocycles. The highest BCUT2D eigenvalue weighted by atomic mass is 28.4. The molecule has 3 heterocycles. The van der Waals surface area contributed by atoms with E-state index in [2.05, 4.69) is 108 Å². The van der Waals surface area contributed by atoms with Gasteiger partial charge in [0.25, 0.3) is 14.2 Å². The first kappa shape index (κ1) is 49.0. The van der Waals surface area contributed by atoms with Crippen molar-refractivity contribution in [3.05, 3.63) is 83.8 Å². The molecule has 63 heavy (non-hydrogen) atoms. The number of amides is 3. The second kappa shape index (κ2) is 19.8. The zero-order chi connectivity index (χ0) is 46.6. The van der Waals surface area contributed by atoms with Crippen molar-refractivity contribution >= 4 is 37.1 Å². The van der Waals surface area contributed by atoms with Crippen LogP contribution in [0.1, 0.15) is 119 Å². The van der Waals surface area contributed by atoms with Gasteiger partial charge in [-0.15, -0.1) is 0 Å². The summed E-state index contributed by atoms with van der Waals surface area (Å²) >= 11 is 0. The lowest BCUT2D eigenvalue weighted by Crippen LogP contribution is -2.54. The van der Waals surface area contributed by atoms with Crippen LogP contribution >= 0.6 is 0 Å². The van der Waals surface area contributed by atoms with Gasteiger partial charge >= 0.3 is 6.09 Å². The number of aryl methyl sites for hydroxylation is 1. The molecule has 2 atom stereocenters. The smallest absolute Gasteiger partial charge is 0.408 e. The van der Waals surface area contributed by atoms with Crippen molar-refractivity contribution in [3.63, 3.8) is 0 Å². The first-order chi connectivity index (χ1) is 29.5. The Hall–Kier alpha value is -4.98. The molecule has 4 aromatic rings. The quantitative estimate of drug-likeness (QED) is 0.0890. The van der Waals surface area contributed by atoms with Gasteiger partial charge in [0.2, 0.25) is 5.91 Å². The first-order valence-corrected chi connectivity index (χ1v) is 24.6. The van der Waals surface area contributed by atoms with Gasteiger partial charge in [-0.05, 0) is 122 Å². The fraction of sp³-hybridized carbons (Fsp3) is 0.520. The molecule has 0 aliphatic carbocycles. The molecule has 1 aliphatic rings. The standard InChI is InChI=1S/C50H71N5O7Si/c1-15-54-43-21-20-36(28-40(43)41(29-50(12,13)30-56)46(54)39-18-16-22-51-45(39)34(8)60-14)37-24-35(25-38(27-37)62-63(31(2)3,32(4)5)33(6)7)26-42(52-48(59)61-49(9,10)11)47(58)55-23-17-19-44(57)53-55/h16-18,20-25,27-28,31-34,42,56H,15,19,26,29-30H2,1-14H3,(H,52,59)(H,53,57)/t34-,42-/m0/s1. The summed E-state index contributed by atoms with van der Waals surface area (Å²) in [7, 11) is -0.786. The summed E-state index contributed by atoms with van der Waals surface area (Å²) in [6.07, 6.45) is 4.75. The third-order valence-electron chi connectivity index (χ3n) is 12.2. The largest absolute Gasteiger partial charge is 0.543 e. The maximum absolute atomic E-state index is 14.2. The molecule has 12 nitrogen and oxygen atoms in total. The summed E-state index contributed by atoms with van der Waals surface area (Å²) < 4.78 is 21.1. The van der Waals surface area contributed by atoms with E-state index in [1.807, 2.05) is 25.1 Å². The van der Waals surface area contributed by atoms with Crippen molar-refractivity contribution in [2.75, 3.05) is 13.7 Å². The van der Waals surface area contributed by atoms with Crippen molar-refractivity contribution in [1.29, 1.82) is 0 Å². The number of alkyl carbamates (subject to hydrolysis) is 1. The number of pyridine rings is 1. The molecule has 1 aliphatic heterocycles. The zero-order valence-electron chi connectivity index (χ0n) is 40.0. The van der Waals surface area contributed by atoms with Gasteiger partial charge in [0, 0.05) is 62.0 Å². The summed E-state index contributed by atoms with van der Waals surface area (Å²) in [5.74, 6) is -0.152. The van der Waals surface area contributed by atoms with E-state index in [1.165, 1.54) is 6.20 Å². The summed E-state index contributed by atoms with van der Waals surface area (Å²) in [5, 5.41) is 15.6. The van der Waals surface area contributed by atoms with Gasteiger partial charge in [0.05, 0.1) is 17.5 Å². The Kier molecular flexibility index (Phi) is 15.4. The van der Waals surface area contributed by atoms with Crippen molar-refractivity contribution in [1.82, 2.24) is 25.3 Å². The topological polar surface area (TPSA) is 144 Å². The van der Waals surface area contributed by atoms with E-state index < -0.39 is 37.4 Å². The molecule has 3 amide bonds. The van der Waals surface area contributed by atoms with Gasteiger partial charge < -0.3 is 28.9 Å². The number of aliphatic hydroxyl groups is 1. The number of hydrogen-bond acceptors (Lipinski definition) is 8. The molecule has 342 valence electrons. The Morgan fingerprint density at radius 3 is 2.22 bits per heavy atom. The Morgan fingerprint density at radius 1 is 0.952 bits per heavy atom. The third-order valence-corrected chi connectivity index (χ3v) is 18.2. The number of carbonyl (C=O) groups is 3. The Bertz CT molecular complexity index is 2290. The van der Waals surface area contributed by atoms with E-state index >= 15 is 0 Å². The molecule has 3 N–H and O–H groups in total. The van der Waals surface area contributed by atoms with Crippen LogP contribution < -0.4 is 15.2 Å². The predicted molar refractivity (Wildman–Crippen MR) is 254 cm³/mol. The SMILES string of the molecule is CCn1c(-c2cccnc2[C@H](C)OC)c(CC(C)(C)CO)c2cc(-c3cc(C[C@H](NC(=O)OC(C)(C)C)C(=O)N4C=CCC(=O)N4)cc(O[Si](C(C)C)(C(C)C)C(C)C)c3)ccc21. The number of hydrazine groups is 1. The summed E-state index contributed by atoms with van der Waals surface area (Å²) in [6.45, 7) is 27.8. The number of hydrogen-bond donors (Lipinski definition) is 3. The van der Waals surface area contributed by atoms with Crippen LogP contribution in [0.5, 0.6) is 5.75 Å². The molecule has 0 unspecified atom stereocenters. The zero-order valence-corrected chi connectivity index (χ0v) is 41.0. The molecule has 0 radical (unpaired) electrons. The molecule has 2 aromatic heterocycles. The average molecular weight is 882 g/mol. The molecule has 0 spiro atoms. The number of benzene rings is 2. The van der Waals surface area contributed by atoms with Crippen LogP contribution in [0.25, 0.3) is 33.3 Å². The number of aromatic nitrogens is 2. The van der Waals surface area contributed by atoms with Gasteiger partial charge in [-0.1, -0.05) is 73.6 Å². The first-order valence-electron chi connectivity index (χ1n) is 22.4. The van der Waals surface area contributed by atoms with Gasteiger partial charge in [0.1, 0.15) is 17.4 Å². The Morgan fingerprint density at radius 2 is 1.63 bits per heavy atom. The number of nitrogens with zero attached hydrogens (tertiary/aromatic N) is 3. The monoisotopic (exact) mass is 882 g/mol. The Labute approximate surface area is 375 Å². The van der Waals surface area contributed by atoms with Gasteiger partial charge in [-0.2, -0.15) is 0 Å². The minimum atomic E-state index is -2.48. The lowest BCUT2D eigenvalue weighted by atomic mass is 9.84. The number of nitrogens with one attached hydrogen (secondary N) is 2. The van der Waals surface area contributed by atoms with E-state index in [4.69, 9.17) is 18.9 Å². The molecular weight excluding hydrogens is 811 g/mol. The van der Waals surface area contributed by atoms with Crippen molar-refractivity contribution in [2.24, 2.45) is 5.41 Å². The number of rotatable bonds is 17. The fourth-order valence-corrected chi connectivity index (χ4v) is 14.5. The maximum atomic E-state index is 14.2. The van der Waals surface area contributed by atoms with Crippen LogP contribution in [0, 0.1) is 5.41 Å². The third kappa shape index (κ3) is 11.0. The van der Waals surface area contributed by atoms with Crippen LogP contribution in [0.2, 0.25) is 16.6 Å². The molecule has 13 heteroatoms. The van der Waals surface area contributed by atoms with E-state index in [-0.39, 0.29) is 31.5 Å². The predicted octanol–water partition coefficient (Wildman–Crippen LogP) is 10.4. The van der Waals surface area contributed by atoms with Crippen LogP contribution in [-0.4, -0.2) is 71.3 Å². The molecule has 5 rings (SSSR count). The molecule has 0 bridgehead atoms. The van der Waals surface area contributed by atoms with Crippen molar-refractivity contribution in [2.45, 2.75) is 150 Å². The normalized spacial score (nSPS) is 14.7. The van der Waals surface area contributed by atoms with E-state index in [0.29, 0.717) is 35.3 Å². The number of ether oxygens (including phenoxy) is 2. The van der Waals surface area contributed by atoms with Crippen molar-refractivity contribution < 1.29 is 33.4 Å². The lowest BCUT2D eigenvalue weighted by molar-refractivity contribution is -0.140. The molecule has 0 saturated heterocycles. The highest BCUT2D eigenvalue weighted by Crippen LogP contribution is 2.45. The Balaban J connectivity index is 1.77. The number of methoxy groups -OCH3 is 1. The van der Waals surface area contributed by atoms with Gasteiger partial charge in [0.15, 0.2) is 0 Å². The van der Waals surface area contributed by atoms with E-state index in [1.54, 1.807) is 40.2 Å². The van der Waals surface area contributed by atoms with Crippen LogP contribution in [0.15, 0.2) is 67.0 Å². The van der Waals surface area contributed by atoms with Crippen LogP contribution in [0.3, 0.4) is 0 Å². The van der Waals surface area contributed by atoms with Crippen LogP contribution in [-0.2, 0) is 38.4 Å². The second-order valence-electron chi connectivity index (χ2n) is 19.6. The second-order valence-corrected chi connectivity index (χ2v) is 25.0. The highest BCUT2D eigenvalue weighted by Gasteiger charge is 2.47. The van der Waals surface area contributed by atoms with Crippen LogP contribution in [0.4, 0.5) is 4.79 Å². The fourth-order valence-electron chi connectivity index (χ4n) is 9.23. The van der Waals surface area contributed by atoms with E-state index in [0.717, 1.165) is 55.1 Å². The number of fused-ring (bicyclic) bond motifs is 1. The minimum absolute atomic E-state index is 0.00333. The summed E-state index contributed by atoms with van der Waals surface area (Å²) in [5.41, 5.74) is 9.86. The molecule has 2 aromatic carbocycles. The lowest BCUT2D eigenvalue weighted by Gasteiger charge is -2.42. The summed E-state index contributed by atoms with van der Waals surface area (Å²) in [6, 6.07) is 15.6. The van der Waals surface area contributed by atoms with E-state index in [9.17, 15) is 19.5 Å². The molecule has 0 fully saturated rings. The van der Waals surface area contributed by atoms with Crippen molar-refractivity contribution in [3.8, 4) is 28.1 Å². The maximum Gasteiger partial charge on any atom is 0.408 e. The molecular formula is C50H71N5O7Si.